The summed E-state index contributed by atoms with van der Waals surface area (Å²) in [6.07, 6.45) is 0. The van der Waals surface area contributed by atoms with Gasteiger partial charge in [0.05, 0.1) is 12.6 Å². The van der Waals surface area contributed by atoms with Crippen LogP contribution in [-0.2, 0) is 4.79 Å². The van der Waals surface area contributed by atoms with Crippen LogP contribution >= 0.6 is 24.8 Å². The number of hydrogen-bond acceptors (Lipinski definition) is 3. The van der Waals surface area contributed by atoms with Gasteiger partial charge in [0.25, 0.3) is 0 Å². The third-order valence-electron chi connectivity index (χ3n) is 4.65. The fraction of sp³-hybridized carbons (Fsp3) is 0.350. The van der Waals surface area contributed by atoms with Crippen molar-refractivity contribution in [1.82, 2.24) is 15.1 Å². The summed E-state index contributed by atoms with van der Waals surface area (Å²) in [5.41, 5.74) is 1.93. The molecule has 4 nitrogen and oxygen atoms in total. The molecule has 7 heteroatoms. The summed E-state index contributed by atoms with van der Waals surface area (Å²) in [4.78, 5) is 16.8. The van der Waals surface area contributed by atoms with Crippen molar-refractivity contribution in [3.8, 4) is 0 Å². The van der Waals surface area contributed by atoms with Crippen LogP contribution in [0, 0.1) is 5.82 Å². The van der Waals surface area contributed by atoms with Gasteiger partial charge in [0.1, 0.15) is 5.82 Å². The first-order valence-electron chi connectivity index (χ1n) is 8.64. The average Bonchev–Trinajstić information content (AvgIpc) is 2.65. The molecule has 2 aromatic rings. The molecule has 1 atom stereocenters. The third-order valence-corrected chi connectivity index (χ3v) is 4.65. The Balaban J connectivity index is 0.00000182. The first-order chi connectivity index (χ1) is 12.1. The zero-order chi connectivity index (χ0) is 17.6. The Morgan fingerprint density at radius 2 is 1.59 bits per heavy atom. The zero-order valence-corrected chi connectivity index (χ0v) is 16.9. The zero-order valence-electron chi connectivity index (χ0n) is 15.3. The largest absolute Gasteiger partial charge is 0.334 e. The van der Waals surface area contributed by atoms with Crippen LogP contribution in [0.15, 0.2) is 54.6 Å². The molecule has 1 fully saturated rings. The van der Waals surface area contributed by atoms with Crippen molar-refractivity contribution in [1.29, 1.82) is 0 Å². The monoisotopic (exact) mass is 413 g/mol. The molecule has 1 heterocycles. The Morgan fingerprint density at radius 3 is 2.19 bits per heavy atom. The fourth-order valence-corrected chi connectivity index (χ4v) is 3.24. The summed E-state index contributed by atoms with van der Waals surface area (Å²) in [5, 5.41) is 3.29. The van der Waals surface area contributed by atoms with Gasteiger partial charge in [-0.2, -0.15) is 0 Å². The Morgan fingerprint density at radius 1 is 1.04 bits per heavy atom. The maximum Gasteiger partial charge on any atom is 0.237 e. The first kappa shape index (κ1) is 23.4. The highest BCUT2D eigenvalue weighted by Crippen LogP contribution is 2.28. The van der Waals surface area contributed by atoms with E-state index in [1.54, 1.807) is 17.0 Å². The van der Waals surface area contributed by atoms with Crippen molar-refractivity contribution in [2.24, 2.45) is 0 Å². The lowest BCUT2D eigenvalue weighted by molar-refractivity contribution is -0.132. The summed E-state index contributed by atoms with van der Waals surface area (Å²) in [6, 6.07) is 16.0. The van der Waals surface area contributed by atoms with E-state index in [1.165, 1.54) is 12.1 Å². The van der Waals surface area contributed by atoms with Crippen LogP contribution < -0.4 is 5.32 Å². The number of amides is 1. The smallest absolute Gasteiger partial charge is 0.237 e. The van der Waals surface area contributed by atoms with Crippen molar-refractivity contribution in [2.45, 2.75) is 6.04 Å². The van der Waals surface area contributed by atoms with Gasteiger partial charge in [0, 0.05) is 33.2 Å². The Labute approximate surface area is 172 Å². The van der Waals surface area contributed by atoms with Crippen LogP contribution in [0.2, 0.25) is 0 Å². The van der Waals surface area contributed by atoms with Gasteiger partial charge in [0.15, 0.2) is 0 Å². The quantitative estimate of drug-likeness (QED) is 0.817. The molecule has 27 heavy (non-hydrogen) atoms. The molecule has 1 aliphatic rings. The van der Waals surface area contributed by atoms with E-state index >= 15 is 0 Å². The summed E-state index contributed by atoms with van der Waals surface area (Å²) in [5.74, 6) is -0.203. The molecular formula is C20H26Cl2FN3O. The van der Waals surface area contributed by atoms with Crippen LogP contribution in [-0.4, -0.2) is 55.5 Å². The second kappa shape index (κ2) is 11.2. The molecule has 1 unspecified atom stereocenters. The number of rotatable bonds is 5. The lowest BCUT2D eigenvalue weighted by Crippen LogP contribution is -2.48. The van der Waals surface area contributed by atoms with Gasteiger partial charge >= 0.3 is 0 Å². The molecule has 0 saturated carbocycles. The molecule has 148 valence electrons. The van der Waals surface area contributed by atoms with Crippen molar-refractivity contribution in [2.75, 3.05) is 39.8 Å². The van der Waals surface area contributed by atoms with Gasteiger partial charge in [-0.25, -0.2) is 4.39 Å². The van der Waals surface area contributed by atoms with Gasteiger partial charge in [0.2, 0.25) is 5.91 Å². The van der Waals surface area contributed by atoms with E-state index in [2.05, 4.69) is 10.2 Å². The van der Waals surface area contributed by atoms with Crippen LogP contribution in [0.25, 0.3) is 0 Å². The minimum absolute atomic E-state index is 0. The number of carbonyl (C=O) groups excluding carboxylic acids is 1. The molecule has 1 N–H and O–H groups in total. The number of benzene rings is 2. The van der Waals surface area contributed by atoms with E-state index in [0.717, 1.165) is 37.3 Å². The second-order valence-corrected chi connectivity index (χ2v) is 6.40. The number of nitrogens with zero attached hydrogens (tertiary/aromatic N) is 2. The predicted molar refractivity (Wildman–Crippen MR) is 111 cm³/mol. The van der Waals surface area contributed by atoms with Crippen molar-refractivity contribution in [3.05, 3.63) is 71.5 Å². The van der Waals surface area contributed by atoms with Gasteiger partial charge in [-0.15, -0.1) is 24.8 Å². The highest BCUT2D eigenvalue weighted by Gasteiger charge is 2.25. The van der Waals surface area contributed by atoms with Gasteiger partial charge in [-0.1, -0.05) is 42.5 Å². The molecule has 3 rings (SSSR count). The SMILES string of the molecule is CN(C(=O)CN1CCNCC1)C(c1ccccc1)c1ccc(F)cc1.Cl.Cl. The number of nitrogens with one attached hydrogen (secondary N) is 1. The van der Waals surface area contributed by atoms with Gasteiger partial charge < -0.3 is 10.2 Å². The van der Waals surface area contributed by atoms with Crippen LogP contribution in [0.4, 0.5) is 4.39 Å². The molecule has 1 amide bonds. The molecule has 0 aromatic heterocycles. The van der Waals surface area contributed by atoms with Crippen LogP contribution in [0.1, 0.15) is 17.2 Å². The van der Waals surface area contributed by atoms with E-state index in [4.69, 9.17) is 0 Å². The first-order valence-corrected chi connectivity index (χ1v) is 8.64. The molecule has 0 bridgehead atoms. The molecule has 0 radical (unpaired) electrons. The van der Waals surface area contributed by atoms with Crippen LogP contribution in [0.5, 0.6) is 0 Å². The Kier molecular flexibility index (Phi) is 9.74. The lowest BCUT2D eigenvalue weighted by Gasteiger charge is -2.33. The summed E-state index contributed by atoms with van der Waals surface area (Å²) in [6.45, 7) is 4.00. The van der Waals surface area contributed by atoms with Gasteiger partial charge in [-0.05, 0) is 23.3 Å². The van der Waals surface area contributed by atoms with E-state index in [-0.39, 0.29) is 42.6 Å². The minimum atomic E-state index is -0.273. The van der Waals surface area contributed by atoms with Crippen molar-refractivity contribution < 1.29 is 9.18 Å². The van der Waals surface area contributed by atoms with Crippen LogP contribution in [0.3, 0.4) is 0 Å². The van der Waals surface area contributed by atoms with Crippen molar-refractivity contribution >= 4 is 30.7 Å². The molecule has 1 aliphatic heterocycles. The van der Waals surface area contributed by atoms with E-state index in [9.17, 15) is 9.18 Å². The fourth-order valence-electron chi connectivity index (χ4n) is 3.24. The van der Waals surface area contributed by atoms with E-state index < -0.39 is 0 Å². The average molecular weight is 414 g/mol. The van der Waals surface area contributed by atoms with E-state index in [0.29, 0.717) is 6.54 Å². The second-order valence-electron chi connectivity index (χ2n) is 6.40. The molecule has 1 saturated heterocycles. The number of carbonyl (C=O) groups is 1. The Bertz CT molecular complexity index is 694. The maximum atomic E-state index is 13.3. The minimum Gasteiger partial charge on any atom is -0.334 e. The normalized spacial score (nSPS) is 15.2. The summed E-state index contributed by atoms with van der Waals surface area (Å²) >= 11 is 0. The number of halogens is 3. The topological polar surface area (TPSA) is 35.6 Å². The number of piperazine rings is 1. The molecule has 0 aliphatic carbocycles. The molecular weight excluding hydrogens is 388 g/mol. The summed E-state index contributed by atoms with van der Waals surface area (Å²) < 4.78 is 13.3. The summed E-state index contributed by atoms with van der Waals surface area (Å²) in [7, 11) is 1.82. The highest BCUT2D eigenvalue weighted by atomic mass is 35.5. The Hall–Kier alpha value is -1.66. The van der Waals surface area contributed by atoms with E-state index in [1.807, 2.05) is 37.4 Å². The lowest BCUT2D eigenvalue weighted by atomic mass is 9.97. The highest BCUT2D eigenvalue weighted by molar-refractivity contribution is 5.85. The molecule has 0 spiro atoms. The van der Waals surface area contributed by atoms with Gasteiger partial charge in [-0.3, -0.25) is 9.69 Å². The number of likely N-dealkylation sites (N-methyl/N-ethyl adjacent to an activating group) is 1. The predicted octanol–water partition coefficient (Wildman–Crippen LogP) is 3.12. The maximum absolute atomic E-state index is 13.3. The standard InChI is InChI=1S/C20H24FN3O.2ClH/c1-23(19(25)15-24-13-11-22-12-14-24)20(16-5-3-2-4-6-16)17-7-9-18(21)10-8-17;;/h2-10,20,22H,11-15H2,1H3;2*1H. The molecule has 2 aromatic carbocycles. The van der Waals surface area contributed by atoms with Crippen molar-refractivity contribution in [3.63, 3.8) is 0 Å². The number of hydrogen-bond donors (Lipinski definition) is 1. The third kappa shape index (κ3) is 6.18.